The Hall–Kier alpha value is -1.83. The van der Waals surface area contributed by atoms with E-state index >= 15 is 0 Å². The molecule has 2 heteroatoms. The lowest BCUT2D eigenvalue weighted by Crippen LogP contribution is -2.00. The topological polar surface area (TPSA) is 22.1 Å². The molecular weight excluding hydrogens is 318 g/mol. The molecule has 0 saturated heterocycles. The first-order valence-corrected chi connectivity index (χ1v) is 10.4. The van der Waals surface area contributed by atoms with E-state index in [1.165, 1.54) is 55.3 Å². The number of rotatable bonds is 12. The first kappa shape index (κ1) is 20.5. The van der Waals surface area contributed by atoms with Gasteiger partial charge in [-0.25, -0.2) is 0 Å². The lowest BCUT2D eigenvalue weighted by atomic mass is 9.94. The second-order valence-electron chi connectivity index (χ2n) is 7.24. The van der Waals surface area contributed by atoms with Gasteiger partial charge in [-0.2, -0.15) is 0 Å². The van der Waals surface area contributed by atoms with E-state index in [2.05, 4.69) is 68.4 Å². The molecule has 0 aliphatic carbocycles. The summed E-state index contributed by atoms with van der Waals surface area (Å²) in [5.74, 6) is 1.32. The monoisotopic (exact) mass is 353 g/mol. The summed E-state index contributed by atoms with van der Waals surface area (Å²) in [5.41, 5.74) is 3.80. The number of benzene rings is 1. The average molecular weight is 354 g/mol. The van der Waals surface area contributed by atoms with Gasteiger partial charge in [0.15, 0.2) is 0 Å². The number of hydrogen-bond donors (Lipinski definition) is 0. The lowest BCUT2D eigenvalue weighted by molar-refractivity contribution is 0.306. The molecule has 0 spiro atoms. The molecule has 0 amide bonds. The van der Waals surface area contributed by atoms with E-state index in [1.807, 2.05) is 0 Å². The smallest absolute Gasteiger partial charge is 0.119 e. The Morgan fingerprint density at radius 3 is 2.15 bits per heavy atom. The zero-order valence-corrected chi connectivity index (χ0v) is 16.8. The molecule has 1 aromatic heterocycles. The van der Waals surface area contributed by atoms with Crippen LogP contribution < -0.4 is 4.74 Å². The summed E-state index contributed by atoms with van der Waals surface area (Å²) in [6.45, 7) is 7.52. The van der Waals surface area contributed by atoms with Gasteiger partial charge < -0.3 is 4.74 Å². The number of ether oxygens (including phenoxy) is 1. The van der Waals surface area contributed by atoms with Crippen LogP contribution in [0.5, 0.6) is 5.75 Å². The fourth-order valence-corrected chi connectivity index (χ4v) is 3.16. The standard InChI is InChI=1S/C24H35NO/c1-4-6-8-9-11-23-15-12-22(19-25-23)20(3)21-13-16-24(17-14-21)26-18-10-7-5-2/h12-17,19-20H,4-11,18H2,1-3H3. The number of aromatic nitrogens is 1. The van der Waals surface area contributed by atoms with Gasteiger partial charge >= 0.3 is 0 Å². The van der Waals surface area contributed by atoms with Gasteiger partial charge in [0.05, 0.1) is 6.61 Å². The largest absolute Gasteiger partial charge is 0.494 e. The predicted octanol–water partition coefficient (Wildman–Crippen LogP) is 6.93. The number of nitrogens with zero attached hydrogens (tertiary/aromatic N) is 1. The summed E-state index contributed by atoms with van der Waals surface area (Å²) in [6, 6.07) is 13.0. The van der Waals surface area contributed by atoms with Crippen LogP contribution in [-0.4, -0.2) is 11.6 Å². The fraction of sp³-hybridized carbons (Fsp3) is 0.542. The SMILES string of the molecule is CCCCCCc1ccc(C(C)c2ccc(OCCCCC)cc2)cn1. The van der Waals surface area contributed by atoms with Crippen molar-refractivity contribution in [3.8, 4) is 5.75 Å². The zero-order chi connectivity index (χ0) is 18.6. The highest BCUT2D eigenvalue weighted by Crippen LogP contribution is 2.25. The summed E-state index contributed by atoms with van der Waals surface area (Å²) in [7, 11) is 0. The number of hydrogen-bond acceptors (Lipinski definition) is 2. The van der Waals surface area contributed by atoms with E-state index in [4.69, 9.17) is 4.74 Å². The van der Waals surface area contributed by atoms with Gasteiger partial charge in [-0.05, 0) is 48.6 Å². The molecule has 0 fully saturated rings. The van der Waals surface area contributed by atoms with E-state index in [-0.39, 0.29) is 0 Å². The lowest BCUT2D eigenvalue weighted by Gasteiger charge is -2.14. The van der Waals surface area contributed by atoms with Crippen LogP contribution in [0.3, 0.4) is 0 Å². The summed E-state index contributed by atoms with van der Waals surface area (Å²) < 4.78 is 5.81. The van der Waals surface area contributed by atoms with E-state index in [0.29, 0.717) is 5.92 Å². The van der Waals surface area contributed by atoms with Gasteiger partial charge in [-0.3, -0.25) is 4.98 Å². The minimum Gasteiger partial charge on any atom is -0.494 e. The maximum Gasteiger partial charge on any atom is 0.119 e. The molecule has 2 aromatic rings. The molecule has 26 heavy (non-hydrogen) atoms. The first-order valence-electron chi connectivity index (χ1n) is 10.4. The van der Waals surface area contributed by atoms with Crippen molar-refractivity contribution in [2.45, 2.75) is 78.1 Å². The van der Waals surface area contributed by atoms with Crippen molar-refractivity contribution in [1.82, 2.24) is 4.98 Å². The molecule has 0 radical (unpaired) electrons. The Kier molecular flexibility index (Phi) is 9.23. The predicted molar refractivity (Wildman–Crippen MR) is 111 cm³/mol. The van der Waals surface area contributed by atoms with Crippen molar-refractivity contribution >= 4 is 0 Å². The maximum absolute atomic E-state index is 5.81. The molecule has 0 bridgehead atoms. The summed E-state index contributed by atoms with van der Waals surface area (Å²) >= 11 is 0. The van der Waals surface area contributed by atoms with Crippen LogP contribution in [-0.2, 0) is 6.42 Å². The van der Waals surface area contributed by atoms with Crippen LogP contribution in [0.2, 0.25) is 0 Å². The first-order chi connectivity index (χ1) is 12.7. The third-order valence-corrected chi connectivity index (χ3v) is 5.03. The minimum atomic E-state index is 0.353. The molecule has 1 unspecified atom stereocenters. The Bertz CT molecular complexity index is 548. The Morgan fingerprint density at radius 2 is 1.50 bits per heavy atom. The highest BCUT2D eigenvalue weighted by Gasteiger charge is 2.09. The Balaban J connectivity index is 1.86. The Morgan fingerprint density at radius 1 is 0.808 bits per heavy atom. The van der Waals surface area contributed by atoms with Crippen LogP contribution >= 0.6 is 0 Å². The van der Waals surface area contributed by atoms with Gasteiger partial charge in [0.1, 0.15) is 5.75 Å². The molecule has 142 valence electrons. The van der Waals surface area contributed by atoms with Crippen LogP contribution in [0.25, 0.3) is 0 Å². The van der Waals surface area contributed by atoms with E-state index < -0.39 is 0 Å². The number of aryl methyl sites for hydroxylation is 1. The molecule has 1 heterocycles. The highest BCUT2D eigenvalue weighted by molar-refractivity contribution is 5.34. The van der Waals surface area contributed by atoms with Crippen molar-refractivity contribution in [3.63, 3.8) is 0 Å². The molecule has 0 N–H and O–H groups in total. The molecule has 0 aliphatic heterocycles. The van der Waals surface area contributed by atoms with E-state index in [0.717, 1.165) is 25.2 Å². The van der Waals surface area contributed by atoms with Crippen molar-refractivity contribution in [1.29, 1.82) is 0 Å². The maximum atomic E-state index is 5.81. The fourth-order valence-electron chi connectivity index (χ4n) is 3.16. The van der Waals surface area contributed by atoms with Crippen LogP contribution in [0.1, 0.15) is 88.5 Å². The molecule has 2 nitrogen and oxygen atoms in total. The van der Waals surface area contributed by atoms with Crippen molar-refractivity contribution < 1.29 is 4.74 Å². The van der Waals surface area contributed by atoms with Gasteiger partial charge in [0.2, 0.25) is 0 Å². The second-order valence-corrected chi connectivity index (χ2v) is 7.24. The zero-order valence-electron chi connectivity index (χ0n) is 16.8. The molecule has 1 atom stereocenters. The molecular formula is C24H35NO. The van der Waals surface area contributed by atoms with Gasteiger partial charge in [-0.15, -0.1) is 0 Å². The highest BCUT2D eigenvalue weighted by atomic mass is 16.5. The molecule has 2 rings (SSSR count). The van der Waals surface area contributed by atoms with E-state index in [1.54, 1.807) is 0 Å². The minimum absolute atomic E-state index is 0.353. The van der Waals surface area contributed by atoms with Crippen LogP contribution in [0, 0.1) is 0 Å². The average Bonchev–Trinajstić information content (AvgIpc) is 2.69. The summed E-state index contributed by atoms with van der Waals surface area (Å²) in [4.78, 5) is 4.67. The molecule has 1 aromatic carbocycles. The number of pyridine rings is 1. The van der Waals surface area contributed by atoms with Gasteiger partial charge in [0, 0.05) is 17.8 Å². The third kappa shape index (κ3) is 6.82. The molecule has 0 aliphatic rings. The van der Waals surface area contributed by atoms with Crippen LogP contribution in [0.4, 0.5) is 0 Å². The third-order valence-electron chi connectivity index (χ3n) is 5.03. The summed E-state index contributed by atoms with van der Waals surface area (Å²) in [6.07, 6.45) is 11.9. The molecule has 0 saturated carbocycles. The van der Waals surface area contributed by atoms with Crippen molar-refractivity contribution in [2.75, 3.05) is 6.61 Å². The summed E-state index contributed by atoms with van der Waals surface area (Å²) in [5, 5.41) is 0. The number of unbranched alkanes of at least 4 members (excludes halogenated alkanes) is 5. The Labute approximate surface area is 160 Å². The quantitative estimate of drug-likeness (QED) is 0.386. The van der Waals surface area contributed by atoms with Crippen molar-refractivity contribution in [2.24, 2.45) is 0 Å². The van der Waals surface area contributed by atoms with E-state index in [9.17, 15) is 0 Å². The normalized spacial score (nSPS) is 12.1. The van der Waals surface area contributed by atoms with Crippen molar-refractivity contribution in [3.05, 3.63) is 59.4 Å². The van der Waals surface area contributed by atoms with Crippen LogP contribution in [0.15, 0.2) is 42.6 Å². The van der Waals surface area contributed by atoms with Gasteiger partial charge in [0.25, 0.3) is 0 Å². The van der Waals surface area contributed by atoms with Gasteiger partial charge in [-0.1, -0.05) is 71.1 Å². The second kappa shape index (κ2) is 11.7.